The van der Waals surface area contributed by atoms with Crippen LogP contribution in [-0.2, 0) is 4.79 Å². The summed E-state index contributed by atoms with van der Waals surface area (Å²) >= 11 is 0. The number of carbonyl (C=O) groups excluding carboxylic acids is 1. The maximum Gasteiger partial charge on any atom is 0.343 e. The Hall–Kier alpha value is -3.48. The Morgan fingerprint density at radius 2 is 1.78 bits per heavy atom. The monoisotopic (exact) mass is 313 g/mol. The normalized spacial score (nSPS) is 10.4. The van der Waals surface area contributed by atoms with E-state index in [1.165, 1.54) is 30.3 Å². The van der Waals surface area contributed by atoms with Crippen molar-refractivity contribution in [1.82, 2.24) is 0 Å². The topological polar surface area (TPSA) is 113 Å². The molecule has 0 radical (unpaired) electrons. The third kappa shape index (κ3) is 4.24. The molecule has 0 aromatic heterocycles. The van der Waals surface area contributed by atoms with Crippen LogP contribution in [0.25, 0.3) is 6.08 Å². The van der Waals surface area contributed by atoms with E-state index < -0.39 is 11.9 Å². The second kappa shape index (κ2) is 6.99. The summed E-state index contributed by atoms with van der Waals surface area (Å²) in [6, 6.07) is 9.75. The van der Waals surface area contributed by atoms with E-state index >= 15 is 0 Å². The van der Waals surface area contributed by atoms with Crippen LogP contribution in [0.4, 0.5) is 5.69 Å². The lowest BCUT2D eigenvalue weighted by Gasteiger charge is -2.05. The molecule has 7 heteroatoms. The number of carbonyl (C=O) groups is 2. The largest absolute Gasteiger partial charge is 0.506 e. The van der Waals surface area contributed by atoms with Crippen LogP contribution < -0.4 is 4.74 Å². The highest BCUT2D eigenvalue weighted by molar-refractivity contribution is 5.92. The molecule has 0 amide bonds. The van der Waals surface area contributed by atoms with Gasteiger partial charge in [-0.2, -0.15) is 0 Å². The molecule has 2 aromatic carbocycles. The van der Waals surface area contributed by atoms with Gasteiger partial charge < -0.3 is 14.9 Å². The van der Waals surface area contributed by atoms with Gasteiger partial charge in [-0.25, -0.2) is 9.59 Å². The number of phenolic OH excluding ortho intramolecular Hbond substituents is 1. The average molecular weight is 313 g/mol. The molecular formula is C16H11NO6. The molecule has 0 saturated carbocycles. The van der Waals surface area contributed by atoms with Gasteiger partial charge in [0.1, 0.15) is 17.2 Å². The number of ether oxygens (including phenoxy) is 1. The lowest BCUT2D eigenvalue weighted by molar-refractivity contribution is -0.131. The zero-order valence-corrected chi connectivity index (χ0v) is 11.7. The van der Waals surface area contributed by atoms with E-state index in [9.17, 15) is 19.6 Å². The lowest BCUT2D eigenvalue weighted by Crippen LogP contribution is -2.08. The first-order valence-electron chi connectivity index (χ1n) is 6.39. The minimum Gasteiger partial charge on any atom is -0.506 e. The van der Waals surface area contributed by atoms with Gasteiger partial charge in [0.25, 0.3) is 0 Å². The molecular weight excluding hydrogens is 302 g/mol. The molecule has 0 bridgehead atoms. The number of carboxylic acid groups (broad SMARTS) is 1. The number of phenols is 1. The molecule has 116 valence electrons. The van der Waals surface area contributed by atoms with E-state index in [4.69, 9.17) is 9.84 Å². The molecule has 23 heavy (non-hydrogen) atoms. The number of hydrogen-bond donors (Lipinski definition) is 2. The first kappa shape index (κ1) is 15.9. The summed E-state index contributed by atoms with van der Waals surface area (Å²) in [5, 5.41) is 20.5. The average Bonchev–Trinajstić information content (AvgIpc) is 2.54. The highest BCUT2D eigenvalue weighted by Crippen LogP contribution is 2.27. The number of benzene rings is 2. The number of carboxylic acids is 1. The molecule has 0 saturated heterocycles. The Bertz CT molecular complexity index is 780. The Morgan fingerprint density at radius 1 is 1.09 bits per heavy atom. The molecule has 0 aliphatic rings. The van der Waals surface area contributed by atoms with Crippen molar-refractivity contribution in [2.24, 2.45) is 5.18 Å². The van der Waals surface area contributed by atoms with Gasteiger partial charge >= 0.3 is 11.9 Å². The molecule has 2 rings (SSSR count). The minimum atomic E-state index is -1.06. The van der Waals surface area contributed by atoms with Crippen LogP contribution >= 0.6 is 0 Å². The third-order valence-electron chi connectivity index (χ3n) is 2.82. The van der Waals surface area contributed by atoms with Gasteiger partial charge in [0, 0.05) is 6.08 Å². The fourth-order valence-corrected chi connectivity index (χ4v) is 1.70. The summed E-state index contributed by atoms with van der Waals surface area (Å²) in [4.78, 5) is 32.9. The van der Waals surface area contributed by atoms with E-state index in [2.05, 4.69) is 5.18 Å². The van der Waals surface area contributed by atoms with Gasteiger partial charge in [-0.3, -0.25) is 0 Å². The van der Waals surface area contributed by atoms with Crippen molar-refractivity contribution in [3.8, 4) is 11.5 Å². The molecule has 0 heterocycles. The van der Waals surface area contributed by atoms with Crippen LogP contribution in [-0.4, -0.2) is 22.2 Å². The van der Waals surface area contributed by atoms with Crippen LogP contribution in [0, 0.1) is 4.91 Å². The Kier molecular flexibility index (Phi) is 4.83. The van der Waals surface area contributed by atoms with Gasteiger partial charge in [-0.1, -0.05) is 12.1 Å². The van der Waals surface area contributed by atoms with Gasteiger partial charge in [0.15, 0.2) is 0 Å². The molecule has 0 aliphatic carbocycles. The van der Waals surface area contributed by atoms with Crippen LogP contribution in [0.1, 0.15) is 15.9 Å². The fraction of sp³-hybridized carbons (Fsp3) is 0. The molecule has 0 atom stereocenters. The fourth-order valence-electron chi connectivity index (χ4n) is 1.70. The number of aromatic hydroxyl groups is 1. The van der Waals surface area contributed by atoms with E-state index in [1.807, 2.05) is 0 Å². The summed E-state index contributed by atoms with van der Waals surface area (Å²) in [6.07, 6.45) is 2.39. The third-order valence-corrected chi connectivity index (χ3v) is 2.82. The molecule has 0 spiro atoms. The second-order valence-corrected chi connectivity index (χ2v) is 4.42. The molecule has 2 N–H and O–H groups in total. The first-order chi connectivity index (χ1) is 11.0. The number of rotatable bonds is 5. The predicted octanol–water partition coefficient (Wildman–Crippen LogP) is 3.11. The maximum atomic E-state index is 12.0. The standard InChI is InChI=1S/C16H11NO6/c18-14-7-4-11(9-13(14)17-22)16(21)23-12-5-1-10(2-6-12)3-8-15(19)20/h1-9,18H,(H,19,20). The van der Waals surface area contributed by atoms with Crippen molar-refractivity contribution < 1.29 is 24.5 Å². The lowest BCUT2D eigenvalue weighted by atomic mass is 10.2. The van der Waals surface area contributed by atoms with E-state index in [0.717, 1.165) is 12.1 Å². The van der Waals surface area contributed by atoms with Crippen LogP contribution in [0.15, 0.2) is 53.7 Å². The molecule has 7 nitrogen and oxygen atoms in total. The van der Waals surface area contributed by atoms with Crippen molar-refractivity contribution in [1.29, 1.82) is 0 Å². The first-order valence-corrected chi connectivity index (χ1v) is 6.39. The van der Waals surface area contributed by atoms with Crippen molar-refractivity contribution in [2.45, 2.75) is 0 Å². The zero-order valence-electron chi connectivity index (χ0n) is 11.7. The highest BCUT2D eigenvalue weighted by Gasteiger charge is 2.12. The van der Waals surface area contributed by atoms with Crippen molar-refractivity contribution >= 4 is 23.7 Å². The number of nitroso groups, excluding NO2 is 1. The van der Waals surface area contributed by atoms with E-state index in [1.54, 1.807) is 12.1 Å². The summed E-state index contributed by atoms with van der Waals surface area (Å²) in [5.41, 5.74) is 0.435. The van der Waals surface area contributed by atoms with Crippen molar-refractivity contribution in [2.75, 3.05) is 0 Å². The SMILES string of the molecule is O=Nc1cc(C(=O)Oc2ccc(C=CC(=O)O)cc2)ccc1O. The van der Waals surface area contributed by atoms with Crippen LogP contribution in [0.3, 0.4) is 0 Å². The molecule has 0 unspecified atom stereocenters. The Balaban J connectivity index is 2.11. The Labute approximate surface area is 130 Å². The van der Waals surface area contributed by atoms with Gasteiger partial charge in [0.05, 0.1) is 5.56 Å². The van der Waals surface area contributed by atoms with Gasteiger partial charge in [-0.05, 0) is 47.1 Å². The summed E-state index contributed by atoms with van der Waals surface area (Å²) in [5.74, 6) is -1.86. The summed E-state index contributed by atoms with van der Waals surface area (Å²) in [7, 11) is 0. The van der Waals surface area contributed by atoms with Gasteiger partial charge in [0.2, 0.25) is 0 Å². The number of esters is 1. The molecule has 0 aliphatic heterocycles. The second-order valence-electron chi connectivity index (χ2n) is 4.42. The maximum absolute atomic E-state index is 12.0. The van der Waals surface area contributed by atoms with Crippen LogP contribution in [0.2, 0.25) is 0 Å². The molecule has 2 aromatic rings. The smallest absolute Gasteiger partial charge is 0.343 e. The van der Waals surface area contributed by atoms with E-state index in [0.29, 0.717) is 5.56 Å². The molecule has 0 fully saturated rings. The van der Waals surface area contributed by atoms with Crippen molar-refractivity contribution in [3.05, 3.63) is 64.6 Å². The quantitative estimate of drug-likeness (QED) is 0.379. The minimum absolute atomic E-state index is 0.0623. The summed E-state index contributed by atoms with van der Waals surface area (Å²) < 4.78 is 5.12. The number of nitrogens with zero attached hydrogens (tertiary/aromatic N) is 1. The Morgan fingerprint density at radius 3 is 2.39 bits per heavy atom. The van der Waals surface area contributed by atoms with Crippen molar-refractivity contribution in [3.63, 3.8) is 0 Å². The predicted molar refractivity (Wildman–Crippen MR) is 81.6 cm³/mol. The van der Waals surface area contributed by atoms with Crippen LogP contribution in [0.5, 0.6) is 11.5 Å². The summed E-state index contributed by atoms with van der Waals surface area (Å²) in [6.45, 7) is 0. The highest BCUT2D eigenvalue weighted by atomic mass is 16.5. The number of hydrogen-bond acceptors (Lipinski definition) is 6. The van der Waals surface area contributed by atoms with E-state index in [-0.39, 0.29) is 22.7 Å². The zero-order chi connectivity index (χ0) is 16.8. The van der Waals surface area contributed by atoms with Gasteiger partial charge in [-0.15, -0.1) is 4.91 Å². The number of aliphatic carboxylic acids is 1.